The van der Waals surface area contributed by atoms with Gasteiger partial charge in [0.15, 0.2) is 0 Å². The van der Waals surface area contributed by atoms with E-state index in [4.69, 9.17) is 4.74 Å². The van der Waals surface area contributed by atoms with E-state index in [1.807, 2.05) is 0 Å². The zero-order valence-corrected chi connectivity index (χ0v) is 96.3. The van der Waals surface area contributed by atoms with E-state index in [9.17, 15) is 5.11 Å². The van der Waals surface area contributed by atoms with Crippen molar-refractivity contribution in [1.82, 2.24) is 93.1 Å². The van der Waals surface area contributed by atoms with Crippen LogP contribution in [0.5, 0.6) is 0 Å². The third-order valence-electron chi connectivity index (χ3n) is 37.1. The van der Waals surface area contributed by atoms with Crippen LogP contribution in [-0.4, -0.2) is 475 Å². The average Bonchev–Trinajstić information content (AvgIpc) is 1.82. The van der Waals surface area contributed by atoms with Gasteiger partial charge >= 0.3 is 0 Å². The lowest BCUT2D eigenvalue weighted by atomic mass is 9.89. The smallest absolute Gasteiger partial charge is 0.0594 e. The summed E-state index contributed by atoms with van der Waals surface area (Å²) >= 11 is 0. The number of likely N-dealkylation sites (tertiary alicyclic amines) is 15. The first kappa shape index (κ1) is 119. The van der Waals surface area contributed by atoms with Crippen molar-refractivity contribution < 1.29 is 9.84 Å². The van der Waals surface area contributed by atoms with Crippen LogP contribution in [0.15, 0.2) is 24.3 Å². The summed E-state index contributed by atoms with van der Waals surface area (Å²) in [4.78, 5) is 50.4. The number of nitrogens with zero attached hydrogens (tertiary/aromatic N) is 19. The van der Waals surface area contributed by atoms with Gasteiger partial charge < -0.3 is 14.7 Å². The molecule has 21 nitrogen and oxygen atoms in total. The predicted octanol–water partition coefficient (Wildman–Crippen LogP) is 17.3. The second-order valence-electron chi connectivity index (χ2n) is 51.0. The molecule has 0 bridgehead atoms. The fourth-order valence-electron chi connectivity index (χ4n) is 27.7. The molecule has 1 aromatic rings. The normalized spacial score (nSPS) is 32.1. The number of aliphatic hydroxyl groups is 1. The predicted molar refractivity (Wildman–Crippen MR) is 599 cm³/mol. The highest BCUT2D eigenvalue weighted by Crippen LogP contribution is 2.34. The largest absolute Gasteiger partial charge is 0.393 e. The van der Waals surface area contributed by atoms with Crippen molar-refractivity contribution in [1.29, 1.82) is 0 Å². The van der Waals surface area contributed by atoms with Crippen LogP contribution in [0.1, 0.15) is 330 Å². The average molecular weight is 1960 g/mol. The Labute approximate surface area is 866 Å². The van der Waals surface area contributed by atoms with E-state index in [-0.39, 0.29) is 6.10 Å². The molecule has 1 N–H and O–H groups in total. The minimum absolute atomic E-state index is 0.0381. The maximum Gasteiger partial charge on any atom is 0.0594 e. The van der Waals surface area contributed by atoms with Gasteiger partial charge in [-0.1, -0.05) is 84.1 Å². The highest BCUT2D eigenvalue weighted by molar-refractivity contribution is 5.29. The lowest BCUT2D eigenvalue weighted by Crippen LogP contribution is -2.53. The standard InChI is InChI=1S/C16H24N2.C15H30N2.2C14H28N2.C13H26N2.C12H25N3.C12H24N2O.C12H24N2.C11H22N2O/c1-13(2)17-10-8-16(12-17)18-9-7-14-5-3-4-6-15(14)11-18;1-12(2)16-7-5-6-15(11-16)17-9-13(3)8-14(4)10-17;1-11(2)15-6-5-14(10-15)16-8-12(3)7-13(4)9-16;1-13(2)16-11-8-14(12-16)15-9-6-4-3-5-7-10-15;1-12(2)15-10-7-13(11-15)14-8-5-3-4-6-9-14;1-11(2)15-5-4-12(10-15)14-8-6-13(3)7-9-14;1-10(2)14-6-3-11(9-14)13-7-4-12(15)5-8-13;1-11(2)14-9-5-6-12(10-14)13-7-3-4-8-13;1-10(2)13-4-3-11(9-13)12-5-7-14-8-6-12/h3-6,13,16H,7-12H2,1-2H3;12-15H,5-11H2,1-4H3;11-14H,5-10H2,1-4H3;13-14H,3-12H2,1-2H3;12-13H,3-11H2,1-2H3;11-12H,4-10H2,1-3H3;10-12,15H,3-9H2,1-2H3;11-12H,3-10H2,1-2H3;10-11H,3-9H2,1-2H3. The van der Waals surface area contributed by atoms with Crippen molar-refractivity contribution in [2.75, 3.05) is 262 Å². The van der Waals surface area contributed by atoms with Gasteiger partial charge in [-0.3, -0.25) is 88.2 Å². The first-order valence-corrected chi connectivity index (χ1v) is 60.6. The second-order valence-corrected chi connectivity index (χ2v) is 51.0. The molecule has 0 aliphatic carbocycles. The van der Waals surface area contributed by atoms with Crippen molar-refractivity contribution in [3.05, 3.63) is 35.4 Å². The molecule has 0 amide bonds. The summed E-state index contributed by atoms with van der Waals surface area (Å²) in [5.74, 6) is 3.59. The number of rotatable bonds is 18. The summed E-state index contributed by atoms with van der Waals surface area (Å²) in [6.45, 7) is 102. The van der Waals surface area contributed by atoms with Crippen molar-refractivity contribution >= 4 is 0 Å². The molecule has 1 aromatic carbocycles. The van der Waals surface area contributed by atoms with Gasteiger partial charge in [0.2, 0.25) is 0 Å². The molecule has 18 heterocycles. The van der Waals surface area contributed by atoms with E-state index in [2.05, 4.69) is 277 Å². The SMILES string of the molecule is CC(C)N1CCC(N2CCC(O)CC2)C1.CC(C)N1CCC(N2CCCCCC2)C1.CC(C)N1CCC(N2CCCCCCC2)C1.CC(C)N1CCC(N2CCN(C)CC2)C1.CC(C)N1CCC(N2CCOCC2)C1.CC(C)N1CCC(N2CCc3ccccc3C2)C1.CC(C)N1CCCC(N2CCCC2)C1.CC1CC(C)CN(C2CCCN(C(C)C)C2)C1.CC1CC(C)CN(C2CCN(C(C)C)C2)C1. The molecule has 814 valence electrons. The molecule has 21 heteroatoms. The molecule has 17 fully saturated rings. The van der Waals surface area contributed by atoms with Gasteiger partial charge in [-0.2, -0.15) is 0 Å². The lowest BCUT2D eigenvalue weighted by molar-refractivity contribution is 0.0179. The number of piperidine rings is 5. The van der Waals surface area contributed by atoms with E-state index in [0.29, 0.717) is 18.1 Å². The topological polar surface area (TPSA) is 91.0 Å². The zero-order valence-electron chi connectivity index (χ0n) is 96.3. The third kappa shape index (κ3) is 39.6. The van der Waals surface area contributed by atoms with E-state index >= 15 is 0 Å². The summed E-state index contributed by atoms with van der Waals surface area (Å²) in [7, 11) is 2.23. The Morgan fingerprint density at radius 1 is 0.229 bits per heavy atom. The maximum atomic E-state index is 9.47. The number of benzene rings is 1. The number of hydrogen-bond donors (Lipinski definition) is 1. The minimum Gasteiger partial charge on any atom is -0.393 e. The van der Waals surface area contributed by atoms with Crippen molar-refractivity contribution in [2.45, 2.75) is 447 Å². The first-order valence-electron chi connectivity index (χ1n) is 60.6. The Morgan fingerprint density at radius 3 is 0.779 bits per heavy atom. The van der Waals surface area contributed by atoms with Crippen LogP contribution in [0, 0.1) is 23.7 Å². The van der Waals surface area contributed by atoms with Crippen LogP contribution >= 0.6 is 0 Å². The Kier molecular flexibility index (Phi) is 52.9. The van der Waals surface area contributed by atoms with E-state index in [1.165, 1.54) is 376 Å². The molecule has 140 heavy (non-hydrogen) atoms. The summed E-state index contributed by atoms with van der Waals surface area (Å²) in [5, 5.41) is 9.47. The van der Waals surface area contributed by atoms with Gasteiger partial charge in [0.25, 0.3) is 0 Å². The molecule has 0 saturated carbocycles. The number of piperazine rings is 1. The second kappa shape index (κ2) is 62.4. The number of hydrogen-bond acceptors (Lipinski definition) is 21. The van der Waals surface area contributed by atoms with Crippen LogP contribution in [0.2, 0.25) is 0 Å². The molecule has 0 aromatic heterocycles. The van der Waals surface area contributed by atoms with Crippen LogP contribution < -0.4 is 0 Å². The van der Waals surface area contributed by atoms with Crippen molar-refractivity contribution in [3.8, 4) is 0 Å². The Hall–Kier alpha value is -1.62. The Balaban J connectivity index is 0.000000151. The highest BCUT2D eigenvalue weighted by atomic mass is 16.5. The Morgan fingerprint density at radius 2 is 0.471 bits per heavy atom. The van der Waals surface area contributed by atoms with Gasteiger partial charge in [-0.15, -0.1) is 0 Å². The van der Waals surface area contributed by atoms with Gasteiger partial charge in [0.1, 0.15) is 0 Å². The summed E-state index contributed by atoms with van der Waals surface area (Å²) in [5.41, 5.74) is 3.11. The maximum absolute atomic E-state index is 9.47. The molecule has 13 unspecified atom stereocenters. The van der Waals surface area contributed by atoms with Gasteiger partial charge in [0.05, 0.1) is 19.3 Å². The van der Waals surface area contributed by atoms with Crippen molar-refractivity contribution in [2.24, 2.45) is 23.7 Å². The number of morpholine rings is 1. The van der Waals surface area contributed by atoms with E-state index in [1.54, 1.807) is 11.1 Å². The monoisotopic (exact) mass is 1960 g/mol. The quantitative estimate of drug-likeness (QED) is 0.151. The third-order valence-corrected chi connectivity index (χ3v) is 37.1. The molecular weight excluding hydrogens is 1730 g/mol. The van der Waals surface area contributed by atoms with Crippen LogP contribution in [0.4, 0.5) is 0 Å². The number of aliphatic hydroxyl groups excluding tert-OH is 1. The summed E-state index contributed by atoms with van der Waals surface area (Å²) < 4.78 is 5.38. The molecule has 18 aliphatic rings. The lowest BCUT2D eigenvalue weighted by Gasteiger charge is -2.45. The van der Waals surface area contributed by atoms with Crippen LogP contribution in [0.3, 0.4) is 0 Å². The number of likely N-dealkylation sites (N-methyl/N-ethyl adjacent to an activating group) is 1. The fourth-order valence-corrected chi connectivity index (χ4v) is 27.7. The van der Waals surface area contributed by atoms with Gasteiger partial charge in [-0.05, 0) is 360 Å². The van der Waals surface area contributed by atoms with Gasteiger partial charge in [-0.25, -0.2) is 0 Å². The molecule has 17 saturated heterocycles. The molecule has 13 atom stereocenters. The summed E-state index contributed by atoms with van der Waals surface area (Å²) in [6, 6.07) is 22.8. The Bertz CT molecular complexity index is 3300. The minimum atomic E-state index is -0.0381. The molecule has 19 rings (SSSR count). The zero-order chi connectivity index (χ0) is 100. The molecular formula is C119H231N19O2. The van der Waals surface area contributed by atoms with E-state index in [0.717, 1.165) is 173 Å². The summed E-state index contributed by atoms with van der Waals surface area (Å²) in [6.07, 6.45) is 37.1. The van der Waals surface area contributed by atoms with E-state index < -0.39 is 0 Å². The van der Waals surface area contributed by atoms with Crippen LogP contribution in [0.25, 0.3) is 0 Å². The molecule has 0 radical (unpaired) electrons. The highest BCUT2D eigenvalue weighted by Gasteiger charge is 2.40. The van der Waals surface area contributed by atoms with Crippen molar-refractivity contribution in [3.63, 3.8) is 0 Å². The van der Waals surface area contributed by atoms with Crippen LogP contribution in [-0.2, 0) is 17.7 Å². The van der Waals surface area contributed by atoms with Gasteiger partial charge in [0, 0.05) is 305 Å². The number of fused-ring (bicyclic) bond motifs is 1. The first-order chi connectivity index (χ1) is 67.3. The fraction of sp³-hybridized carbons (Fsp3) is 0.950. The molecule has 18 aliphatic heterocycles. The molecule has 0 spiro atoms. The number of ether oxygens (including phenoxy) is 1.